The highest BCUT2D eigenvalue weighted by Gasteiger charge is 2.33. The average Bonchev–Trinajstić information content (AvgIpc) is 3.23. The molecule has 0 saturated carbocycles. The molecule has 1 aliphatic rings. The van der Waals surface area contributed by atoms with Gasteiger partial charge in [0.2, 0.25) is 5.91 Å². The van der Waals surface area contributed by atoms with Gasteiger partial charge in [-0.25, -0.2) is 4.79 Å². The summed E-state index contributed by atoms with van der Waals surface area (Å²) in [5.74, 6) is -0.444. The fraction of sp³-hybridized carbons (Fsp3) is 0.214. The number of ether oxygens (including phenoxy) is 1. The van der Waals surface area contributed by atoms with Crippen LogP contribution in [0.4, 0.5) is 5.69 Å². The molecule has 1 N–H and O–H groups in total. The van der Waals surface area contributed by atoms with Crippen molar-refractivity contribution in [3.63, 3.8) is 0 Å². The molecule has 1 aliphatic heterocycles. The van der Waals surface area contributed by atoms with Crippen LogP contribution in [-0.4, -0.2) is 36.0 Å². The number of benzene rings is 3. The third-order valence-corrected chi connectivity index (χ3v) is 5.75. The Hall–Kier alpha value is -3.86. The summed E-state index contributed by atoms with van der Waals surface area (Å²) in [7, 11) is 0. The smallest absolute Gasteiger partial charge is 0.338 e. The molecule has 3 aromatic rings. The average molecular weight is 441 g/mol. The largest absolute Gasteiger partial charge is 0.460 e. The summed E-state index contributed by atoms with van der Waals surface area (Å²) >= 11 is 0. The molecule has 0 aromatic heterocycles. The highest BCUT2D eigenvalue weighted by atomic mass is 16.5. The molecule has 168 valence electrons. The van der Waals surface area contributed by atoms with Crippen LogP contribution in [0.25, 0.3) is 0 Å². The van der Waals surface area contributed by atoms with Crippen molar-refractivity contribution in [1.82, 2.24) is 4.90 Å². The maximum Gasteiger partial charge on any atom is 0.338 e. The Bertz CT molecular complexity index is 1070. The van der Waals surface area contributed by atoms with Gasteiger partial charge in [-0.1, -0.05) is 72.8 Å². The van der Waals surface area contributed by atoms with Crippen LogP contribution < -0.4 is 5.32 Å². The van der Waals surface area contributed by atoms with Gasteiger partial charge < -0.3 is 15.0 Å². The Morgan fingerprint density at radius 1 is 0.909 bits per heavy atom. The van der Waals surface area contributed by atoms with E-state index in [0.29, 0.717) is 5.56 Å². The van der Waals surface area contributed by atoms with E-state index in [0.717, 1.165) is 30.6 Å². The number of amides is 1. The minimum absolute atomic E-state index is 0.0456. The maximum absolute atomic E-state index is 12.9. The van der Waals surface area contributed by atoms with Crippen molar-refractivity contribution in [2.45, 2.75) is 24.9 Å². The SMILES string of the molecule is O=C(OC[C@@H](c1ccccc1)N1C(=O)C=CC1CCCNc1ccccc1)c1ccccc1. The van der Waals surface area contributed by atoms with E-state index in [1.54, 1.807) is 30.3 Å². The van der Waals surface area contributed by atoms with E-state index in [2.05, 4.69) is 5.32 Å². The van der Waals surface area contributed by atoms with E-state index in [1.165, 1.54) is 0 Å². The first kappa shape index (κ1) is 22.3. The van der Waals surface area contributed by atoms with Gasteiger partial charge in [0.1, 0.15) is 6.61 Å². The summed E-state index contributed by atoms with van der Waals surface area (Å²) < 4.78 is 5.66. The van der Waals surface area contributed by atoms with E-state index in [1.807, 2.05) is 77.7 Å². The predicted molar refractivity (Wildman–Crippen MR) is 130 cm³/mol. The van der Waals surface area contributed by atoms with Crippen LogP contribution in [-0.2, 0) is 9.53 Å². The highest BCUT2D eigenvalue weighted by Crippen LogP contribution is 2.30. The molecular formula is C28H28N2O3. The van der Waals surface area contributed by atoms with Gasteiger partial charge in [0.25, 0.3) is 0 Å². The van der Waals surface area contributed by atoms with Gasteiger partial charge in [-0.05, 0) is 42.7 Å². The summed E-state index contributed by atoms with van der Waals surface area (Å²) in [6.45, 7) is 0.916. The number of hydrogen-bond acceptors (Lipinski definition) is 4. The van der Waals surface area contributed by atoms with Crippen molar-refractivity contribution >= 4 is 17.6 Å². The van der Waals surface area contributed by atoms with Crippen molar-refractivity contribution in [2.24, 2.45) is 0 Å². The van der Waals surface area contributed by atoms with Crippen LogP contribution in [0.3, 0.4) is 0 Å². The van der Waals surface area contributed by atoms with Crippen LogP contribution >= 0.6 is 0 Å². The van der Waals surface area contributed by atoms with Crippen LogP contribution in [0.5, 0.6) is 0 Å². The molecule has 4 rings (SSSR count). The number of nitrogens with zero attached hydrogens (tertiary/aromatic N) is 1. The molecular weight excluding hydrogens is 412 g/mol. The Balaban J connectivity index is 1.42. The second-order valence-corrected chi connectivity index (χ2v) is 8.00. The number of anilines is 1. The summed E-state index contributed by atoms with van der Waals surface area (Å²) in [5, 5.41) is 3.42. The fourth-order valence-corrected chi connectivity index (χ4v) is 4.08. The third-order valence-electron chi connectivity index (χ3n) is 5.75. The molecule has 0 aliphatic carbocycles. The quantitative estimate of drug-likeness (QED) is 0.346. The zero-order chi connectivity index (χ0) is 22.9. The number of carbonyl (C=O) groups excluding carboxylic acids is 2. The topological polar surface area (TPSA) is 58.6 Å². The van der Waals surface area contributed by atoms with Crippen LogP contribution in [0.1, 0.15) is 34.8 Å². The standard InChI is InChI=1S/C28H28N2O3/c31-27-19-18-25(17-10-20-29-24-15-8-3-9-16-24)30(27)26(22-11-4-1-5-12-22)21-33-28(32)23-13-6-2-7-14-23/h1-9,11-16,18-19,25-26,29H,10,17,20-21H2/t25?,26-/m0/s1. The summed E-state index contributed by atoms with van der Waals surface area (Å²) in [6.07, 6.45) is 5.31. The first-order valence-electron chi connectivity index (χ1n) is 11.3. The zero-order valence-corrected chi connectivity index (χ0v) is 18.5. The lowest BCUT2D eigenvalue weighted by molar-refractivity contribution is -0.129. The molecule has 0 fully saturated rings. The summed E-state index contributed by atoms with van der Waals surface area (Å²) in [6, 6.07) is 28.4. The van der Waals surface area contributed by atoms with E-state index in [4.69, 9.17) is 4.74 Å². The number of hydrogen-bond donors (Lipinski definition) is 1. The second kappa shape index (κ2) is 11.1. The summed E-state index contributed by atoms with van der Waals surface area (Å²) in [4.78, 5) is 27.2. The lowest BCUT2D eigenvalue weighted by Crippen LogP contribution is -2.40. The van der Waals surface area contributed by atoms with E-state index in [-0.39, 0.29) is 30.6 Å². The molecule has 0 bridgehead atoms. The van der Waals surface area contributed by atoms with Crippen molar-refractivity contribution < 1.29 is 14.3 Å². The molecule has 2 atom stereocenters. The normalized spacial score (nSPS) is 15.9. The molecule has 33 heavy (non-hydrogen) atoms. The second-order valence-electron chi connectivity index (χ2n) is 8.00. The highest BCUT2D eigenvalue weighted by molar-refractivity contribution is 5.91. The Morgan fingerprint density at radius 3 is 2.24 bits per heavy atom. The van der Waals surface area contributed by atoms with Gasteiger partial charge in [0.15, 0.2) is 0 Å². The number of rotatable bonds is 10. The maximum atomic E-state index is 12.9. The van der Waals surface area contributed by atoms with Crippen molar-refractivity contribution in [3.05, 3.63) is 114 Å². The minimum atomic E-state index is -0.389. The molecule has 0 saturated heterocycles. The van der Waals surface area contributed by atoms with Gasteiger partial charge in [0, 0.05) is 18.3 Å². The summed E-state index contributed by atoms with van der Waals surface area (Å²) in [5.41, 5.74) is 2.53. The van der Waals surface area contributed by atoms with Gasteiger partial charge in [-0.15, -0.1) is 0 Å². The molecule has 5 heteroatoms. The van der Waals surface area contributed by atoms with Crippen LogP contribution in [0, 0.1) is 0 Å². The number of carbonyl (C=O) groups is 2. The van der Waals surface area contributed by atoms with Gasteiger partial charge in [-0.3, -0.25) is 4.79 Å². The van der Waals surface area contributed by atoms with E-state index >= 15 is 0 Å². The molecule has 5 nitrogen and oxygen atoms in total. The number of esters is 1. The lowest BCUT2D eigenvalue weighted by Gasteiger charge is -2.33. The zero-order valence-electron chi connectivity index (χ0n) is 18.5. The lowest BCUT2D eigenvalue weighted by atomic mass is 10.0. The monoisotopic (exact) mass is 440 g/mol. The molecule has 3 aromatic carbocycles. The first-order valence-corrected chi connectivity index (χ1v) is 11.3. The van der Waals surface area contributed by atoms with Gasteiger partial charge in [0.05, 0.1) is 17.6 Å². The molecule has 1 amide bonds. The third kappa shape index (κ3) is 5.89. The first-order chi connectivity index (χ1) is 16.2. The van der Waals surface area contributed by atoms with Gasteiger partial charge >= 0.3 is 5.97 Å². The Kier molecular flexibility index (Phi) is 7.54. The van der Waals surface area contributed by atoms with Crippen molar-refractivity contribution in [3.8, 4) is 0 Å². The number of nitrogens with one attached hydrogen (secondary N) is 1. The fourth-order valence-electron chi connectivity index (χ4n) is 4.08. The van der Waals surface area contributed by atoms with Crippen LogP contribution in [0.2, 0.25) is 0 Å². The van der Waals surface area contributed by atoms with Crippen molar-refractivity contribution in [2.75, 3.05) is 18.5 Å². The Labute approximate surface area is 194 Å². The predicted octanol–water partition coefficient (Wildman–Crippen LogP) is 5.24. The van der Waals surface area contributed by atoms with E-state index < -0.39 is 0 Å². The molecule has 0 radical (unpaired) electrons. The van der Waals surface area contributed by atoms with Crippen molar-refractivity contribution in [1.29, 1.82) is 0 Å². The molecule has 0 spiro atoms. The number of para-hydroxylation sites is 1. The Morgan fingerprint density at radius 2 is 1.55 bits per heavy atom. The van der Waals surface area contributed by atoms with Crippen LogP contribution in [0.15, 0.2) is 103 Å². The van der Waals surface area contributed by atoms with Gasteiger partial charge in [-0.2, -0.15) is 0 Å². The molecule has 1 unspecified atom stereocenters. The minimum Gasteiger partial charge on any atom is -0.460 e. The molecule has 1 heterocycles. The van der Waals surface area contributed by atoms with E-state index in [9.17, 15) is 9.59 Å².